The number of likely N-dealkylation sites (N-methyl/N-ethyl adjacent to an activating group) is 1. The van der Waals surface area contributed by atoms with E-state index in [0.717, 1.165) is 5.56 Å². The molecule has 0 bridgehead atoms. The van der Waals surface area contributed by atoms with Gasteiger partial charge >= 0.3 is 0 Å². The number of aliphatic hydroxyl groups excluding tert-OH is 1. The highest BCUT2D eigenvalue weighted by Crippen LogP contribution is 2.34. The lowest BCUT2D eigenvalue weighted by atomic mass is 10.1. The maximum atomic E-state index is 11.9. The zero-order chi connectivity index (χ0) is 14.6. The van der Waals surface area contributed by atoms with Crippen molar-refractivity contribution in [2.24, 2.45) is 5.73 Å². The maximum Gasteiger partial charge on any atom is 0.246 e. The molecule has 0 fully saturated rings. The fourth-order valence-corrected chi connectivity index (χ4v) is 1.78. The molecule has 1 amide bonds. The van der Waals surface area contributed by atoms with Gasteiger partial charge in [-0.3, -0.25) is 4.79 Å². The first-order valence-electron chi connectivity index (χ1n) is 5.82. The predicted molar refractivity (Wildman–Crippen MR) is 72.8 cm³/mol. The Balaban J connectivity index is 3.16. The average Bonchev–Trinajstić information content (AvgIpc) is 2.44. The van der Waals surface area contributed by atoms with Crippen molar-refractivity contribution < 1.29 is 19.4 Å². The van der Waals surface area contributed by atoms with Crippen LogP contribution in [0.5, 0.6) is 11.5 Å². The van der Waals surface area contributed by atoms with Crippen molar-refractivity contribution in [1.82, 2.24) is 0 Å². The van der Waals surface area contributed by atoms with Crippen LogP contribution >= 0.6 is 0 Å². The minimum atomic E-state index is -0.933. The van der Waals surface area contributed by atoms with Crippen LogP contribution in [0.15, 0.2) is 12.1 Å². The standard InChI is InChI=1S/C13H20N2O4/c1-8-5-11(18-3)12(19-4)6-10(8)15(2)13(17)9(14)7-16/h5-6,9,16H,7,14H2,1-4H3. The van der Waals surface area contributed by atoms with Gasteiger partial charge in [0.15, 0.2) is 11.5 Å². The summed E-state index contributed by atoms with van der Waals surface area (Å²) < 4.78 is 10.4. The minimum absolute atomic E-state index is 0.363. The number of aryl methyl sites for hydroxylation is 1. The summed E-state index contributed by atoms with van der Waals surface area (Å²) >= 11 is 0. The van der Waals surface area contributed by atoms with Crippen molar-refractivity contribution in [2.45, 2.75) is 13.0 Å². The van der Waals surface area contributed by atoms with Crippen molar-refractivity contribution in [3.05, 3.63) is 17.7 Å². The van der Waals surface area contributed by atoms with Crippen molar-refractivity contribution >= 4 is 11.6 Å². The van der Waals surface area contributed by atoms with E-state index in [4.69, 9.17) is 20.3 Å². The van der Waals surface area contributed by atoms with Gasteiger partial charge in [0.2, 0.25) is 5.91 Å². The first-order valence-corrected chi connectivity index (χ1v) is 5.82. The van der Waals surface area contributed by atoms with E-state index in [2.05, 4.69) is 0 Å². The fraction of sp³-hybridized carbons (Fsp3) is 0.462. The molecular weight excluding hydrogens is 248 g/mol. The molecular formula is C13H20N2O4. The number of aliphatic hydroxyl groups is 1. The van der Waals surface area contributed by atoms with Crippen LogP contribution in [0, 0.1) is 6.92 Å². The Labute approximate surface area is 112 Å². The molecule has 0 aromatic heterocycles. The number of carbonyl (C=O) groups is 1. The van der Waals surface area contributed by atoms with Crippen LogP contribution in [-0.2, 0) is 4.79 Å². The lowest BCUT2D eigenvalue weighted by molar-refractivity contribution is -0.120. The SMILES string of the molecule is COc1cc(C)c(N(C)C(=O)C(N)CO)cc1OC. The molecule has 6 heteroatoms. The number of rotatable bonds is 5. The monoisotopic (exact) mass is 268 g/mol. The summed E-state index contributed by atoms with van der Waals surface area (Å²) in [6.45, 7) is 1.46. The fourth-order valence-electron chi connectivity index (χ4n) is 1.78. The molecule has 0 aliphatic heterocycles. The number of hydrogen-bond acceptors (Lipinski definition) is 5. The second-order valence-corrected chi connectivity index (χ2v) is 4.18. The number of methoxy groups -OCH3 is 2. The molecule has 106 valence electrons. The van der Waals surface area contributed by atoms with E-state index in [0.29, 0.717) is 17.2 Å². The maximum absolute atomic E-state index is 11.9. The Morgan fingerprint density at radius 2 is 1.89 bits per heavy atom. The predicted octanol–water partition coefficient (Wildman–Crippen LogP) is 0.295. The third kappa shape index (κ3) is 3.15. The van der Waals surface area contributed by atoms with Crippen LogP contribution in [0.3, 0.4) is 0 Å². The van der Waals surface area contributed by atoms with Gasteiger partial charge in [0.1, 0.15) is 6.04 Å². The Bertz CT molecular complexity index is 462. The average molecular weight is 268 g/mol. The summed E-state index contributed by atoms with van der Waals surface area (Å²) in [5, 5.41) is 8.94. The molecule has 0 aliphatic carbocycles. The molecule has 1 atom stereocenters. The number of nitrogens with zero attached hydrogens (tertiary/aromatic N) is 1. The highest BCUT2D eigenvalue weighted by Gasteiger charge is 2.21. The van der Waals surface area contributed by atoms with Crippen LogP contribution in [0.1, 0.15) is 5.56 Å². The van der Waals surface area contributed by atoms with Crippen LogP contribution in [0.25, 0.3) is 0 Å². The third-order valence-corrected chi connectivity index (χ3v) is 2.91. The number of ether oxygens (including phenoxy) is 2. The first-order chi connectivity index (χ1) is 8.96. The summed E-state index contributed by atoms with van der Waals surface area (Å²) in [6, 6.07) is 2.55. The zero-order valence-electron chi connectivity index (χ0n) is 11.6. The van der Waals surface area contributed by atoms with Crippen molar-refractivity contribution in [3.8, 4) is 11.5 Å². The number of hydrogen-bond donors (Lipinski definition) is 2. The van der Waals surface area contributed by atoms with Crippen LogP contribution in [0.4, 0.5) is 5.69 Å². The smallest absolute Gasteiger partial charge is 0.246 e. The minimum Gasteiger partial charge on any atom is -0.493 e. The van der Waals surface area contributed by atoms with Crippen molar-refractivity contribution in [3.63, 3.8) is 0 Å². The highest BCUT2D eigenvalue weighted by molar-refractivity contribution is 5.97. The van der Waals surface area contributed by atoms with Gasteiger partial charge in [0.05, 0.1) is 26.5 Å². The second-order valence-electron chi connectivity index (χ2n) is 4.18. The Kier molecular flexibility index (Phi) is 5.14. The molecule has 1 aromatic carbocycles. The van der Waals surface area contributed by atoms with Crippen molar-refractivity contribution in [1.29, 1.82) is 0 Å². The number of nitrogens with two attached hydrogens (primary N) is 1. The van der Waals surface area contributed by atoms with E-state index in [-0.39, 0.29) is 5.91 Å². The molecule has 1 rings (SSSR count). The number of anilines is 1. The first kappa shape index (κ1) is 15.3. The summed E-state index contributed by atoms with van der Waals surface area (Å²) in [5.41, 5.74) is 7.04. The van der Waals surface area contributed by atoms with E-state index < -0.39 is 12.6 Å². The molecule has 1 aromatic rings. The van der Waals surface area contributed by atoms with Crippen LogP contribution < -0.4 is 20.1 Å². The molecule has 3 N–H and O–H groups in total. The molecule has 6 nitrogen and oxygen atoms in total. The van der Waals surface area contributed by atoms with Gasteiger partial charge < -0.3 is 25.2 Å². The number of carbonyl (C=O) groups excluding carboxylic acids is 1. The lowest BCUT2D eigenvalue weighted by Crippen LogP contribution is -2.44. The van der Waals surface area contributed by atoms with Crippen LogP contribution in [0.2, 0.25) is 0 Å². The zero-order valence-corrected chi connectivity index (χ0v) is 11.6. The number of benzene rings is 1. The molecule has 19 heavy (non-hydrogen) atoms. The van der Waals surface area contributed by atoms with E-state index in [9.17, 15) is 4.79 Å². The van der Waals surface area contributed by atoms with Gasteiger partial charge in [0.25, 0.3) is 0 Å². The summed E-state index contributed by atoms with van der Waals surface area (Å²) in [7, 11) is 4.68. The lowest BCUT2D eigenvalue weighted by Gasteiger charge is -2.23. The Morgan fingerprint density at radius 3 is 2.37 bits per heavy atom. The summed E-state index contributed by atoms with van der Waals surface area (Å²) in [6.07, 6.45) is 0. The largest absolute Gasteiger partial charge is 0.493 e. The molecule has 0 radical (unpaired) electrons. The quantitative estimate of drug-likeness (QED) is 0.802. The van der Waals surface area contributed by atoms with E-state index in [1.54, 1.807) is 26.3 Å². The Hall–Kier alpha value is -1.79. The second kappa shape index (κ2) is 6.40. The number of amides is 1. The topological polar surface area (TPSA) is 85.0 Å². The normalized spacial score (nSPS) is 11.9. The molecule has 0 saturated carbocycles. The molecule has 0 heterocycles. The van der Waals surface area contributed by atoms with E-state index in [1.807, 2.05) is 6.92 Å². The van der Waals surface area contributed by atoms with Gasteiger partial charge in [0, 0.05) is 13.1 Å². The van der Waals surface area contributed by atoms with Gasteiger partial charge in [-0.05, 0) is 18.6 Å². The van der Waals surface area contributed by atoms with Crippen molar-refractivity contribution in [2.75, 3.05) is 32.8 Å². The highest BCUT2D eigenvalue weighted by atomic mass is 16.5. The van der Waals surface area contributed by atoms with Gasteiger partial charge in [-0.2, -0.15) is 0 Å². The van der Waals surface area contributed by atoms with Crippen LogP contribution in [-0.4, -0.2) is 44.9 Å². The van der Waals surface area contributed by atoms with Gasteiger partial charge in [-0.25, -0.2) is 0 Å². The molecule has 1 unspecified atom stereocenters. The van der Waals surface area contributed by atoms with Gasteiger partial charge in [-0.1, -0.05) is 0 Å². The molecule has 0 aliphatic rings. The van der Waals surface area contributed by atoms with E-state index >= 15 is 0 Å². The third-order valence-electron chi connectivity index (χ3n) is 2.91. The van der Waals surface area contributed by atoms with Gasteiger partial charge in [-0.15, -0.1) is 0 Å². The van der Waals surface area contributed by atoms with E-state index in [1.165, 1.54) is 12.0 Å². The summed E-state index contributed by atoms with van der Waals surface area (Å²) in [5.74, 6) is 0.759. The molecule has 0 saturated heterocycles. The summed E-state index contributed by atoms with van der Waals surface area (Å²) in [4.78, 5) is 13.4. The molecule has 0 spiro atoms. The Morgan fingerprint density at radius 1 is 1.37 bits per heavy atom.